The SMILES string of the molecule is O=C(O)c1ccccc1N/N=C/c1cccc(OCc2ccccc2Cl)c1. The lowest BCUT2D eigenvalue weighted by Crippen LogP contribution is -2.02. The summed E-state index contributed by atoms with van der Waals surface area (Å²) >= 11 is 6.13. The summed E-state index contributed by atoms with van der Waals surface area (Å²) in [7, 11) is 0. The summed E-state index contributed by atoms with van der Waals surface area (Å²) in [4.78, 5) is 11.2. The number of hydrogen-bond acceptors (Lipinski definition) is 4. The molecule has 3 rings (SSSR count). The molecule has 0 aliphatic heterocycles. The summed E-state index contributed by atoms with van der Waals surface area (Å²) in [6.45, 7) is 0.366. The van der Waals surface area contributed by atoms with Crippen LogP contribution in [0.1, 0.15) is 21.5 Å². The Kier molecular flexibility index (Phi) is 6.07. The van der Waals surface area contributed by atoms with Crippen LogP contribution >= 0.6 is 11.6 Å². The third-order valence-corrected chi connectivity index (χ3v) is 4.14. The molecule has 0 saturated heterocycles. The monoisotopic (exact) mass is 380 g/mol. The maximum Gasteiger partial charge on any atom is 0.337 e. The summed E-state index contributed by atoms with van der Waals surface area (Å²) in [5, 5.41) is 13.9. The van der Waals surface area contributed by atoms with Gasteiger partial charge in [-0.25, -0.2) is 4.79 Å². The molecular formula is C21H17ClN2O3. The first kappa shape index (κ1) is 18.5. The Morgan fingerprint density at radius 1 is 1.07 bits per heavy atom. The molecule has 3 aromatic carbocycles. The lowest BCUT2D eigenvalue weighted by Gasteiger charge is -2.08. The van der Waals surface area contributed by atoms with Gasteiger partial charge in [0, 0.05) is 10.6 Å². The van der Waals surface area contributed by atoms with E-state index in [1.807, 2.05) is 48.5 Å². The van der Waals surface area contributed by atoms with Crippen LogP contribution in [0.25, 0.3) is 0 Å². The second kappa shape index (κ2) is 8.87. The van der Waals surface area contributed by atoms with Gasteiger partial charge in [-0.3, -0.25) is 5.43 Å². The second-order valence-electron chi connectivity index (χ2n) is 5.67. The van der Waals surface area contributed by atoms with E-state index < -0.39 is 5.97 Å². The van der Waals surface area contributed by atoms with Crippen LogP contribution in [0.4, 0.5) is 5.69 Å². The van der Waals surface area contributed by atoms with E-state index in [2.05, 4.69) is 10.5 Å². The van der Waals surface area contributed by atoms with Gasteiger partial charge in [-0.15, -0.1) is 0 Å². The van der Waals surface area contributed by atoms with Gasteiger partial charge in [0.25, 0.3) is 0 Å². The molecule has 27 heavy (non-hydrogen) atoms. The number of carboxylic acids is 1. The van der Waals surface area contributed by atoms with Gasteiger partial charge in [0.05, 0.1) is 17.5 Å². The molecular weight excluding hydrogens is 364 g/mol. The maximum atomic E-state index is 11.2. The minimum absolute atomic E-state index is 0.159. The number of rotatable bonds is 7. The Morgan fingerprint density at radius 2 is 1.85 bits per heavy atom. The van der Waals surface area contributed by atoms with Crippen LogP contribution in [0.15, 0.2) is 77.9 Å². The molecule has 6 heteroatoms. The standard InChI is InChI=1S/C21H17ClN2O3/c22-19-10-3-1-7-16(19)14-27-17-8-5-6-15(12-17)13-23-24-20-11-4-2-9-18(20)21(25)26/h1-13,24H,14H2,(H,25,26)/b23-13+. The van der Waals surface area contributed by atoms with Crippen LogP contribution < -0.4 is 10.2 Å². The normalized spacial score (nSPS) is 10.7. The van der Waals surface area contributed by atoms with Crippen LogP contribution in [-0.2, 0) is 6.61 Å². The molecule has 0 aliphatic rings. The Morgan fingerprint density at radius 3 is 2.67 bits per heavy atom. The fourth-order valence-corrected chi connectivity index (χ4v) is 2.59. The number of hydrazone groups is 1. The molecule has 0 atom stereocenters. The van der Waals surface area contributed by atoms with E-state index in [4.69, 9.17) is 16.3 Å². The van der Waals surface area contributed by atoms with Gasteiger partial charge in [-0.2, -0.15) is 5.10 Å². The highest BCUT2D eigenvalue weighted by atomic mass is 35.5. The van der Waals surface area contributed by atoms with Crippen molar-refractivity contribution in [2.24, 2.45) is 5.10 Å². The molecule has 0 spiro atoms. The summed E-state index contributed by atoms with van der Waals surface area (Å²) in [5.41, 5.74) is 5.06. The second-order valence-corrected chi connectivity index (χ2v) is 6.08. The lowest BCUT2D eigenvalue weighted by atomic mass is 10.2. The number of nitrogens with one attached hydrogen (secondary N) is 1. The smallest absolute Gasteiger partial charge is 0.337 e. The Balaban J connectivity index is 1.65. The molecule has 0 aromatic heterocycles. The fraction of sp³-hybridized carbons (Fsp3) is 0.0476. The van der Waals surface area contributed by atoms with Crippen LogP contribution in [0.2, 0.25) is 5.02 Å². The Labute approximate surface area is 161 Å². The number of ether oxygens (including phenoxy) is 1. The first-order valence-corrected chi connectivity index (χ1v) is 8.59. The van der Waals surface area contributed by atoms with Crippen LogP contribution in [-0.4, -0.2) is 17.3 Å². The largest absolute Gasteiger partial charge is 0.489 e. The molecule has 0 fully saturated rings. The Bertz CT molecular complexity index is 973. The molecule has 0 heterocycles. The van der Waals surface area contributed by atoms with E-state index in [1.165, 1.54) is 6.07 Å². The first-order valence-electron chi connectivity index (χ1n) is 8.21. The quantitative estimate of drug-likeness (QED) is 0.443. The molecule has 0 aliphatic carbocycles. The highest BCUT2D eigenvalue weighted by Crippen LogP contribution is 2.19. The van der Waals surface area contributed by atoms with E-state index in [0.29, 0.717) is 23.1 Å². The predicted molar refractivity (Wildman–Crippen MR) is 107 cm³/mol. The summed E-state index contributed by atoms with van der Waals surface area (Å²) in [6.07, 6.45) is 1.60. The minimum Gasteiger partial charge on any atom is -0.489 e. The van der Waals surface area contributed by atoms with Crippen molar-refractivity contribution in [3.05, 3.63) is 94.5 Å². The summed E-state index contributed by atoms with van der Waals surface area (Å²) in [6, 6.07) is 21.5. The zero-order valence-corrected chi connectivity index (χ0v) is 15.1. The van der Waals surface area contributed by atoms with Crippen molar-refractivity contribution in [1.29, 1.82) is 0 Å². The van der Waals surface area contributed by atoms with E-state index in [1.54, 1.807) is 24.4 Å². The van der Waals surface area contributed by atoms with E-state index in [-0.39, 0.29) is 5.56 Å². The van der Waals surface area contributed by atoms with Gasteiger partial charge < -0.3 is 9.84 Å². The van der Waals surface area contributed by atoms with Gasteiger partial charge in [-0.05, 0) is 35.9 Å². The zero-order chi connectivity index (χ0) is 19.1. The zero-order valence-electron chi connectivity index (χ0n) is 14.3. The van der Waals surface area contributed by atoms with Crippen molar-refractivity contribution in [3.8, 4) is 5.75 Å². The Hall–Kier alpha value is -3.31. The van der Waals surface area contributed by atoms with Crippen LogP contribution in [0, 0.1) is 0 Å². The van der Waals surface area contributed by atoms with Gasteiger partial charge >= 0.3 is 5.97 Å². The number of benzene rings is 3. The van der Waals surface area contributed by atoms with Gasteiger partial charge in [-0.1, -0.05) is 54.1 Å². The number of halogens is 1. The summed E-state index contributed by atoms with van der Waals surface area (Å²) < 4.78 is 5.78. The van der Waals surface area contributed by atoms with Crippen molar-refractivity contribution in [2.75, 3.05) is 5.43 Å². The molecule has 0 amide bonds. The number of nitrogens with zero attached hydrogens (tertiary/aromatic N) is 1. The molecule has 0 saturated carbocycles. The lowest BCUT2D eigenvalue weighted by molar-refractivity contribution is 0.0698. The van der Waals surface area contributed by atoms with Crippen molar-refractivity contribution in [3.63, 3.8) is 0 Å². The molecule has 0 bridgehead atoms. The average Bonchev–Trinajstić information content (AvgIpc) is 2.68. The molecule has 5 nitrogen and oxygen atoms in total. The van der Waals surface area contributed by atoms with Crippen molar-refractivity contribution in [1.82, 2.24) is 0 Å². The minimum atomic E-state index is -1.01. The number of carboxylic acid groups (broad SMARTS) is 1. The number of anilines is 1. The first-order chi connectivity index (χ1) is 13.1. The average molecular weight is 381 g/mol. The maximum absolute atomic E-state index is 11.2. The topological polar surface area (TPSA) is 70.9 Å². The third-order valence-electron chi connectivity index (χ3n) is 3.77. The highest BCUT2D eigenvalue weighted by Gasteiger charge is 2.07. The van der Waals surface area contributed by atoms with Gasteiger partial charge in [0.2, 0.25) is 0 Å². The molecule has 136 valence electrons. The van der Waals surface area contributed by atoms with Crippen molar-refractivity contribution < 1.29 is 14.6 Å². The number of para-hydroxylation sites is 1. The molecule has 0 unspecified atom stereocenters. The summed E-state index contributed by atoms with van der Waals surface area (Å²) in [5.74, 6) is -0.326. The van der Waals surface area contributed by atoms with Crippen molar-refractivity contribution in [2.45, 2.75) is 6.61 Å². The van der Waals surface area contributed by atoms with E-state index >= 15 is 0 Å². The molecule has 2 N–H and O–H groups in total. The predicted octanol–water partition coefficient (Wildman–Crippen LogP) is 5.06. The van der Waals surface area contributed by atoms with Crippen LogP contribution in [0.3, 0.4) is 0 Å². The fourth-order valence-electron chi connectivity index (χ4n) is 2.40. The number of aromatic carboxylic acids is 1. The third kappa shape index (κ3) is 5.09. The van der Waals surface area contributed by atoms with Crippen LogP contribution in [0.5, 0.6) is 5.75 Å². The molecule has 3 aromatic rings. The van der Waals surface area contributed by atoms with Gasteiger partial charge in [0.15, 0.2) is 0 Å². The van der Waals surface area contributed by atoms with E-state index in [0.717, 1.165) is 11.1 Å². The molecule has 0 radical (unpaired) electrons. The number of carbonyl (C=O) groups is 1. The van der Waals surface area contributed by atoms with E-state index in [9.17, 15) is 9.90 Å². The van der Waals surface area contributed by atoms with Crippen molar-refractivity contribution >= 4 is 29.5 Å². The highest BCUT2D eigenvalue weighted by molar-refractivity contribution is 6.31. The van der Waals surface area contributed by atoms with Gasteiger partial charge in [0.1, 0.15) is 12.4 Å². The number of hydrogen-bond donors (Lipinski definition) is 2.